The third-order valence-electron chi connectivity index (χ3n) is 2.36. The van der Waals surface area contributed by atoms with E-state index in [4.69, 9.17) is 5.11 Å². The molecule has 2 aromatic rings. The minimum Gasteiger partial charge on any atom is -0.481 e. The molecule has 2 rings (SSSR count). The van der Waals surface area contributed by atoms with Crippen LogP contribution < -0.4 is 0 Å². The molecule has 2 nitrogen and oxygen atoms in total. The Morgan fingerprint density at radius 2 is 2.27 bits per heavy atom. The lowest BCUT2D eigenvalue weighted by atomic mass is 10.1. The third kappa shape index (κ3) is 2.18. The summed E-state index contributed by atoms with van der Waals surface area (Å²) in [6, 6.07) is 8.22. The fraction of sp³-hybridized carbons (Fsp3) is 0.250. The quantitative estimate of drug-likeness (QED) is 0.862. The first-order valence-corrected chi connectivity index (χ1v) is 5.68. The molecule has 0 amide bonds. The van der Waals surface area contributed by atoms with Gasteiger partial charge in [-0.25, -0.2) is 0 Å². The minimum atomic E-state index is -0.736. The Balaban J connectivity index is 2.37. The highest BCUT2D eigenvalue weighted by Crippen LogP contribution is 2.28. The van der Waals surface area contributed by atoms with Gasteiger partial charge in [0.15, 0.2) is 0 Å². The summed E-state index contributed by atoms with van der Waals surface area (Å²) in [5, 5.41) is 9.88. The van der Waals surface area contributed by atoms with Gasteiger partial charge in [-0.3, -0.25) is 4.79 Å². The molecule has 78 valence electrons. The molecule has 0 saturated carbocycles. The maximum absolute atomic E-state index is 10.5. The first-order valence-electron chi connectivity index (χ1n) is 4.86. The smallest absolute Gasteiger partial charge is 0.303 e. The summed E-state index contributed by atoms with van der Waals surface area (Å²) in [5.41, 5.74) is 1.15. The van der Waals surface area contributed by atoms with Crippen LogP contribution in [-0.4, -0.2) is 11.1 Å². The van der Waals surface area contributed by atoms with Crippen LogP contribution in [0.5, 0.6) is 0 Å². The zero-order valence-electron chi connectivity index (χ0n) is 8.49. The van der Waals surface area contributed by atoms with Crippen LogP contribution in [0.15, 0.2) is 24.3 Å². The highest BCUT2D eigenvalue weighted by atomic mass is 32.1. The molecule has 0 atom stereocenters. The van der Waals surface area contributed by atoms with E-state index in [0.29, 0.717) is 6.42 Å². The van der Waals surface area contributed by atoms with E-state index in [1.807, 2.05) is 12.1 Å². The van der Waals surface area contributed by atoms with E-state index >= 15 is 0 Å². The summed E-state index contributed by atoms with van der Waals surface area (Å²) in [7, 11) is 0. The standard InChI is InChI=1S/C12H12O2S/c1-8-7-10-4-2-3-9(12(10)15-8)5-6-11(13)14/h2-4,7H,5-6H2,1H3,(H,13,14). The zero-order valence-corrected chi connectivity index (χ0v) is 9.30. The first-order chi connectivity index (χ1) is 7.16. The molecule has 0 fully saturated rings. The molecule has 1 N–H and O–H groups in total. The van der Waals surface area contributed by atoms with Crippen molar-refractivity contribution in [2.75, 3.05) is 0 Å². The summed E-state index contributed by atoms with van der Waals surface area (Å²) in [6.45, 7) is 2.08. The monoisotopic (exact) mass is 220 g/mol. The minimum absolute atomic E-state index is 0.204. The number of carbonyl (C=O) groups is 1. The van der Waals surface area contributed by atoms with E-state index in [-0.39, 0.29) is 6.42 Å². The SMILES string of the molecule is Cc1cc2cccc(CCC(=O)O)c2s1. The van der Waals surface area contributed by atoms with E-state index in [0.717, 1.165) is 5.56 Å². The molecule has 0 aliphatic heterocycles. The van der Waals surface area contributed by atoms with Gasteiger partial charge in [0.1, 0.15) is 0 Å². The Hall–Kier alpha value is -1.35. The average Bonchev–Trinajstić information content (AvgIpc) is 2.55. The second-order valence-electron chi connectivity index (χ2n) is 3.59. The second-order valence-corrected chi connectivity index (χ2v) is 4.84. The van der Waals surface area contributed by atoms with Gasteiger partial charge < -0.3 is 5.11 Å². The number of benzene rings is 1. The Morgan fingerprint density at radius 1 is 1.47 bits per heavy atom. The molecule has 15 heavy (non-hydrogen) atoms. The number of hydrogen-bond donors (Lipinski definition) is 1. The summed E-state index contributed by atoms with van der Waals surface area (Å²) >= 11 is 1.74. The molecule has 0 unspecified atom stereocenters. The predicted molar refractivity (Wildman–Crippen MR) is 62.5 cm³/mol. The Bertz CT molecular complexity index is 499. The Labute approximate surface area is 92.2 Å². The molecule has 1 heterocycles. The molecule has 1 aromatic heterocycles. The van der Waals surface area contributed by atoms with Gasteiger partial charge in [-0.15, -0.1) is 11.3 Å². The van der Waals surface area contributed by atoms with Crippen molar-refractivity contribution in [2.45, 2.75) is 19.8 Å². The highest BCUT2D eigenvalue weighted by molar-refractivity contribution is 7.19. The Morgan fingerprint density at radius 3 is 3.00 bits per heavy atom. The van der Waals surface area contributed by atoms with Crippen LogP contribution in [0.1, 0.15) is 16.9 Å². The van der Waals surface area contributed by atoms with Gasteiger partial charge in [0.25, 0.3) is 0 Å². The maximum atomic E-state index is 10.5. The van der Waals surface area contributed by atoms with Crippen molar-refractivity contribution in [3.63, 3.8) is 0 Å². The summed E-state index contributed by atoms with van der Waals surface area (Å²) in [6.07, 6.45) is 0.822. The second kappa shape index (κ2) is 4.03. The number of carboxylic acids is 1. The van der Waals surface area contributed by atoms with Gasteiger partial charge in [-0.05, 0) is 30.4 Å². The van der Waals surface area contributed by atoms with Crippen LogP contribution in [0.3, 0.4) is 0 Å². The number of carboxylic acid groups (broad SMARTS) is 1. The van der Waals surface area contributed by atoms with Gasteiger partial charge in [-0.1, -0.05) is 18.2 Å². The van der Waals surface area contributed by atoms with E-state index < -0.39 is 5.97 Å². The number of aryl methyl sites for hydroxylation is 2. The zero-order chi connectivity index (χ0) is 10.8. The van der Waals surface area contributed by atoms with Crippen LogP contribution in [-0.2, 0) is 11.2 Å². The van der Waals surface area contributed by atoms with Crippen molar-refractivity contribution in [1.82, 2.24) is 0 Å². The summed E-state index contributed by atoms with van der Waals surface area (Å²) in [4.78, 5) is 11.8. The van der Waals surface area contributed by atoms with Gasteiger partial charge >= 0.3 is 5.97 Å². The van der Waals surface area contributed by atoms with Crippen LogP contribution >= 0.6 is 11.3 Å². The van der Waals surface area contributed by atoms with E-state index in [2.05, 4.69) is 19.1 Å². The molecule has 0 aliphatic rings. The third-order valence-corrected chi connectivity index (χ3v) is 3.50. The fourth-order valence-corrected chi connectivity index (χ4v) is 2.74. The normalized spacial score (nSPS) is 10.7. The number of aliphatic carboxylic acids is 1. The first kappa shape index (κ1) is 10.2. The van der Waals surface area contributed by atoms with Crippen LogP contribution in [0.25, 0.3) is 10.1 Å². The van der Waals surface area contributed by atoms with E-state index in [1.165, 1.54) is 15.0 Å². The topological polar surface area (TPSA) is 37.3 Å². The molecule has 0 aliphatic carbocycles. The predicted octanol–water partition coefficient (Wildman–Crippen LogP) is 3.23. The maximum Gasteiger partial charge on any atom is 0.303 e. The van der Waals surface area contributed by atoms with Crippen molar-refractivity contribution in [3.8, 4) is 0 Å². The van der Waals surface area contributed by atoms with Crippen LogP contribution in [0.2, 0.25) is 0 Å². The van der Waals surface area contributed by atoms with E-state index in [9.17, 15) is 4.79 Å². The number of hydrogen-bond acceptors (Lipinski definition) is 2. The van der Waals surface area contributed by atoms with Crippen LogP contribution in [0, 0.1) is 6.92 Å². The average molecular weight is 220 g/mol. The van der Waals surface area contributed by atoms with Gasteiger partial charge in [0.2, 0.25) is 0 Å². The van der Waals surface area contributed by atoms with Crippen molar-refractivity contribution < 1.29 is 9.90 Å². The largest absolute Gasteiger partial charge is 0.481 e. The Kier molecular flexibility index (Phi) is 2.73. The van der Waals surface area contributed by atoms with Crippen molar-refractivity contribution in [3.05, 3.63) is 34.7 Å². The lowest BCUT2D eigenvalue weighted by Crippen LogP contribution is -1.97. The van der Waals surface area contributed by atoms with Gasteiger partial charge in [-0.2, -0.15) is 0 Å². The highest BCUT2D eigenvalue weighted by Gasteiger charge is 2.05. The summed E-state index contributed by atoms with van der Waals surface area (Å²) in [5.74, 6) is -0.736. The van der Waals surface area contributed by atoms with Gasteiger partial charge in [0, 0.05) is 16.0 Å². The van der Waals surface area contributed by atoms with Crippen molar-refractivity contribution >= 4 is 27.4 Å². The fourth-order valence-electron chi connectivity index (χ4n) is 1.69. The molecule has 1 aromatic carbocycles. The van der Waals surface area contributed by atoms with Gasteiger partial charge in [0.05, 0.1) is 0 Å². The van der Waals surface area contributed by atoms with Crippen molar-refractivity contribution in [2.24, 2.45) is 0 Å². The molecule has 0 radical (unpaired) electrons. The lowest BCUT2D eigenvalue weighted by molar-refractivity contribution is -0.136. The molecular formula is C12H12O2S. The van der Waals surface area contributed by atoms with E-state index in [1.54, 1.807) is 11.3 Å². The summed E-state index contributed by atoms with van der Waals surface area (Å²) < 4.78 is 1.23. The molecule has 0 spiro atoms. The number of rotatable bonds is 3. The number of thiophene rings is 1. The van der Waals surface area contributed by atoms with Crippen LogP contribution in [0.4, 0.5) is 0 Å². The number of fused-ring (bicyclic) bond motifs is 1. The molecule has 3 heteroatoms. The molecule has 0 saturated heterocycles. The lowest BCUT2D eigenvalue weighted by Gasteiger charge is -1.99. The van der Waals surface area contributed by atoms with Crippen molar-refractivity contribution in [1.29, 1.82) is 0 Å². The molecular weight excluding hydrogens is 208 g/mol. The molecule has 0 bridgehead atoms.